The molecule has 124 valence electrons. The Morgan fingerprint density at radius 1 is 1.12 bits per heavy atom. The number of nitrogens with zero attached hydrogens (tertiary/aromatic N) is 2. The average Bonchev–Trinajstić information content (AvgIpc) is 3.02. The van der Waals surface area contributed by atoms with E-state index in [4.69, 9.17) is 11.6 Å². The van der Waals surface area contributed by atoms with Crippen molar-refractivity contribution in [1.29, 1.82) is 0 Å². The SMILES string of the molecule is O=S(=O)(NCc1ccn(-c2ccccc2)n1)c1ccc(F)cc1Cl. The molecule has 0 aliphatic rings. The highest BCUT2D eigenvalue weighted by molar-refractivity contribution is 7.89. The van der Waals surface area contributed by atoms with Gasteiger partial charge in [0, 0.05) is 6.20 Å². The molecule has 0 saturated heterocycles. The maximum absolute atomic E-state index is 13.0. The van der Waals surface area contributed by atoms with Gasteiger partial charge in [-0.25, -0.2) is 22.2 Å². The molecule has 1 N–H and O–H groups in total. The van der Waals surface area contributed by atoms with Crippen molar-refractivity contribution >= 4 is 21.6 Å². The smallest absolute Gasteiger partial charge is 0.241 e. The minimum absolute atomic E-state index is 0.00410. The molecule has 0 spiro atoms. The summed E-state index contributed by atoms with van der Waals surface area (Å²) >= 11 is 5.80. The Hall–Kier alpha value is -2.22. The lowest BCUT2D eigenvalue weighted by molar-refractivity contribution is 0.579. The maximum atomic E-state index is 13.0. The summed E-state index contributed by atoms with van der Waals surface area (Å²) in [6, 6.07) is 14.3. The fourth-order valence-electron chi connectivity index (χ4n) is 2.12. The minimum Gasteiger partial charge on any atom is -0.241 e. The van der Waals surface area contributed by atoms with Gasteiger partial charge in [-0.1, -0.05) is 29.8 Å². The standard InChI is InChI=1S/C16H13ClFN3O2S/c17-15-10-12(18)6-7-16(15)24(22,23)19-11-13-8-9-21(20-13)14-4-2-1-3-5-14/h1-10,19H,11H2. The molecule has 8 heteroatoms. The second-order valence-corrected chi connectivity index (χ2v) is 7.13. The fourth-order valence-corrected chi connectivity index (χ4v) is 3.65. The van der Waals surface area contributed by atoms with Crippen molar-refractivity contribution in [3.8, 4) is 5.69 Å². The van der Waals surface area contributed by atoms with Gasteiger partial charge >= 0.3 is 0 Å². The van der Waals surface area contributed by atoms with Crippen LogP contribution in [-0.4, -0.2) is 18.2 Å². The Morgan fingerprint density at radius 2 is 1.88 bits per heavy atom. The molecule has 3 rings (SSSR count). The van der Waals surface area contributed by atoms with Crippen LogP contribution in [0.15, 0.2) is 65.7 Å². The summed E-state index contributed by atoms with van der Waals surface area (Å²) < 4.78 is 41.6. The van der Waals surface area contributed by atoms with Crippen molar-refractivity contribution < 1.29 is 12.8 Å². The highest BCUT2D eigenvalue weighted by Crippen LogP contribution is 2.22. The van der Waals surface area contributed by atoms with Gasteiger partial charge < -0.3 is 0 Å². The van der Waals surface area contributed by atoms with Crippen molar-refractivity contribution in [2.75, 3.05) is 0 Å². The third kappa shape index (κ3) is 3.64. The van der Waals surface area contributed by atoms with Crippen molar-refractivity contribution in [3.63, 3.8) is 0 Å². The molecule has 0 radical (unpaired) electrons. The van der Waals surface area contributed by atoms with Crippen molar-refractivity contribution in [2.45, 2.75) is 11.4 Å². The molecule has 5 nitrogen and oxygen atoms in total. The predicted octanol–water partition coefficient (Wildman–Crippen LogP) is 3.14. The minimum atomic E-state index is -3.86. The van der Waals surface area contributed by atoms with Crippen LogP contribution in [0, 0.1) is 5.82 Å². The second-order valence-electron chi connectivity index (χ2n) is 4.99. The Labute approximate surface area is 143 Å². The molecular formula is C16H13ClFN3O2S. The summed E-state index contributed by atoms with van der Waals surface area (Å²) in [5.41, 5.74) is 1.41. The quantitative estimate of drug-likeness (QED) is 0.755. The van der Waals surface area contributed by atoms with Crippen LogP contribution < -0.4 is 4.72 Å². The van der Waals surface area contributed by atoms with E-state index in [1.165, 1.54) is 0 Å². The van der Waals surface area contributed by atoms with Crippen LogP contribution in [0.4, 0.5) is 4.39 Å². The van der Waals surface area contributed by atoms with E-state index >= 15 is 0 Å². The molecule has 2 aromatic carbocycles. The van der Waals surface area contributed by atoms with Gasteiger partial charge in [0.2, 0.25) is 10.0 Å². The van der Waals surface area contributed by atoms with Gasteiger partial charge in [0.15, 0.2) is 0 Å². The molecule has 0 aliphatic carbocycles. The fraction of sp³-hybridized carbons (Fsp3) is 0.0625. The lowest BCUT2D eigenvalue weighted by atomic mass is 10.3. The van der Waals surface area contributed by atoms with Gasteiger partial charge in [0.05, 0.1) is 22.9 Å². The van der Waals surface area contributed by atoms with Crippen LogP contribution in [-0.2, 0) is 16.6 Å². The highest BCUT2D eigenvalue weighted by Gasteiger charge is 2.18. The summed E-state index contributed by atoms with van der Waals surface area (Å²) in [6.45, 7) is -0.00410. The molecule has 1 aromatic heterocycles. The number of halogens is 2. The van der Waals surface area contributed by atoms with Gasteiger partial charge in [-0.05, 0) is 36.4 Å². The van der Waals surface area contributed by atoms with Crippen LogP contribution in [0.3, 0.4) is 0 Å². The largest absolute Gasteiger partial charge is 0.242 e. The molecule has 0 unspecified atom stereocenters. The summed E-state index contributed by atoms with van der Waals surface area (Å²) in [4.78, 5) is -0.173. The molecule has 1 heterocycles. The van der Waals surface area contributed by atoms with Crippen LogP contribution in [0.5, 0.6) is 0 Å². The third-order valence-electron chi connectivity index (χ3n) is 3.29. The Kier molecular flexibility index (Phi) is 4.66. The molecule has 0 amide bonds. The Bertz CT molecular complexity index is 958. The summed E-state index contributed by atoms with van der Waals surface area (Å²) in [6.07, 6.45) is 1.74. The molecule has 0 saturated carbocycles. The molecule has 3 aromatic rings. The zero-order chi connectivity index (χ0) is 17.2. The lowest BCUT2D eigenvalue weighted by Gasteiger charge is -2.07. The maximum Gasteiger partial charge on any atom is 0.242 e. The Balaban J connectivity index is 1.75. The first-order chi connectivity index (χ1) is 11.5. The molecule has 0 atom stereocenters. The first-order valence-electron chi connectivity index (χ1n) is 7.00. The summed E-state index contributed by atoms with van der Waals surface area (Å²) in [5.74, 6) is -0.597. The van der Waals surface area contributed by atoms with E-state index in [0.29, 0.717) is 5.69 Å². The molecule has 0 bridgehead atoms. The van der Waals surface area contributed by atoms with Crippen molar-refractivity contribution in [1.82, 2.24) is 14.5 Å². The lowest BCUT2D eigenvalue weighted by Crippen LogP contribution is -2.24. The second kappa shape index (κ2) is 6.72. The van der Waals surface area contributed by atoms with E-state index < -0.39 is 15.8 Å². The van der Waals surface area contributed by atoms with Crippen molar-refractivity contribution in [2.24, 2.45) is 0 Å². The van der Waals surface area contributed by atoms with Gasteiger partial charge in [-0.3, -0.25) is 0 Å². The zero-order valence-electron chi connectivity index (χ0n) is 12.4. The topological polar surface area (TPSA) is 64.0 Å². The van der Waals surface area contributed by atoms with E-state index in [9.17, 15) is 12.8 Å². The highest BCUT2D eigenvalue weighted by atomic mass is 35.5. The number of rotatable bonds is 5. The molecule has 24 heavy (non-hydrogen) atoms. The van der Waals surface area contributed by atoms with Gasteiger partial charge in [-0.2, -0.15) is 5.10 Å². The first kappa shape index (κ1) is 16.6. The predicted molar refractivity (Wildman–Crippen MR) is 89.0 cm³/mol. The zero-order valence-corrected chi connectivity index (χ0v) is 13.9. The van der Waals surface area contributed by atoms with E-state index in [1.807, 2.05) is 30.3 Å². The van der Waals surface area contributed by atoms with Crippen LogP contribution in [0.2, 0.25) is 5.02 Å². The van der Waals surface area contributed by atoms with E-state index in [2.05, 4.69) is 9.82 Å². The number of nitrogens with one attached hydrogen (secondary N) is 1. The first-order valence-corrected chi connectivity index (χ1v) is 8.86. The number of para-hydroxylation sites is 1. The number of hydrogen-bond donors (Lipinski definition) is 1. The van der Waals surface area contributed by atoms with Gasteiger partial charge in [0.25, 0.3) is 0 Å². The van der Waals surface area contributed by atoms with Crippen LogP contribution in [0.1, 0.15) is 5.69 Å². The van der Waals surface area contributed by atoms with E-state index in [1.54, 1.807) is 16.9 Å². The normalized spacial score (nSPS) is 11.6. The number of benzene rings is 2. The van der Waals surface area contributed by atoms with Crippen LogP contribution in [0.25, 0.3) is 5.69 Å². The number of sulfonamides is 1. The van der Waals surface area contributed by atoms with E-state index in [0.717, 1.165) is 23.9 Å². The summed E-state index contributed by atoms with van der Waals surface area (Å²) in [7, 11) is -3.86. The number of hydrogen-bond acceptors (Lipinski definition) is 3. The Morgan fingerprint density at radius 3 is 2.58 bits per heavy atom. The summed E-state index contributed by atoms with van der Waals surface area (Å²) in [5, 5.41) is 4.14. The third-order valence-corrected chi connectivity index (χ3v) is 5.18. The van der Waals surface area contributed by atoms with Crippen molar-refractivity contribution in [3.05, 3.63) is 77.3 Å². The van der Waals surface area contributed by atoms with E-state index in [-0.39, 0.29) is 16.5 Å². The molecular weight excluding hydrogens is 353 g/mol. The van der Waals surface area contributed by atoms with Crippen LogP contribution >= 0.6 is 11.6 Å². The monoisotopic (exact) mass is 365 g/mol. The molecule has 0 aliphatic heterocycles. The molecule has 0 fully saturated rings. The van der Waals surface area contributed by atoms with Gasteiger partial charge in [-0.15, -0.1) is 0 Å². The van der Waals surface area contributed by atoms with Gasteiger partial charge in [0.1, 0.15) is 10.7 Å². The average molecular weight is 366 g/mol. The number of aromatic nitrogens is 2.